The predicted octanol–water partition coefficient (Wildman–Crippen LogP) is 5.09. The minimum atomic E-state index is -1.09. The number of hydrogen-bond donors (Lipinski definition) is 0. The van der Waals surface area contributed by atoms with Crippen LogP contribution >= 0.6 is 11.6 Å². The zero-order valence-electron chi connectivity index (χ0n) is 21.4. The average Bonchev–Trinajstić information content (AvgIpc) is 3.22. The van der Waals surface area contributed by atoms with Crippen molar-refractivity contribution in [1.82, 2.24) is 4.90 Å². The summed E-state index contributed by atoms with van der Waals surface area (Å²) < 4.78 is 4.97. The number of carbonyl (C=O) groups excluding carboxylic acids is 4. The number of allylic oxidation sites excluding steroid dienone is 1. The summed E-state index contributed by atoms with van der Waals surface area (Å²) in [5, 5.41) is 11.3. The van der Waals surface area contributed by atoms with Crippen molar-refractivity contribution in [2.75, 3.05) is 18.1 Å². The maximum atomic E-state index is 13.7. The number of halogens is 1. The molecular weight excluding hydrogens is 526 g/mol. The van der Waals surface area contributed by atoms with Gasteiger partial charge in [-0.3, -0.25) is 24.5 Å². The van der Waals surface area contributed by atoms with Gasteiger partial charge in [-0.1, -0.05) is 23.3 Å². The van der Waals surface area contributed by atoms with Crippen LogP contribution in [0.1, 0.15) is 66.2 Å². The van der Waals surface area contributed by atoms with Crippen molar-refractivity contribution >= 4 is 46.7 Å². The number of ether oxygens (including phenoxy) is 1. The summed E-state index contributed by atoms with van der Waals surface area (Å²) in [7, 11) is 0. The molecule has 0 aromatic heterocycles. The summed E-state index contributed by atoms with van der Waals surface area (Å²) in [5.74, 6) is -2.20. The molecule has 39 heavy (non-hydrogen) atoms. The lowest BCUT2D eigenvalue weighted by atomic mass is 9.96. The zero-order chi connectivity index (χ0) is 28.1. The van der Waals surface area contributed by atoms with Gasteiger partial charge in [-0.25, -0.2) is 9.69 Å². The van der Waals surface area contributed by atoms with Crippen LogP contribution in [-0.4, -0.2) is 52.7 Å². The van der Waals surface area contributed by atoms with Gasteiger partial charge in [0.15, 0.2) is 0 Å². The standard InChI is InChI=1S/C28H28ClN3O7/c1-2-39-28(36)19-8-11-21(12-9-19)31-25(33)17-24(27(31)35)30(15-14-18-6-4-3-5-7-18)26(34)20-10-13-22(29)23(16-20)32(37)38/h6,8-13,16,24H,2-5,7,14-15,17H2,1H3. The highest BCUT2D eigenvalue weighted by atomic mass is 35.5. The van der Waals surface area contributed by atoms with Gasteiger partial charge in [0.2, 0.25) is 5.91 Å². The molecule has 1 heterocycles. The molecule has 0 radical (unpaired) electrons. The first-order valence-corrected chi connectivity index (χ1v) is 13.2. The Morgan fingerprint density at radius 1 is 1.13 bits per heavy atom. The van der Waals surface area contributed by atoms with E-state index in [2.05, 4.69) is 6.08 Å². The van der Waals surface area contributed by atoms with Crippen LogP contribution in [0.25, 0.3) is 0 Å². The molecule has 1 saturated heterocycles. The van der Waals surface area contributed by atoms with E-state index >= 15 is 0 Å². The number of nitro groups is 1. The second-order valence-corrected chi connectivity index (χ2v) is 9.74. The molecule has 2 aromatic rings. The molecule has 204 valence electrons. The number of rotatable bonds is 9. The van der Waals surface area contributed by atoms with Crippen LogP contribution in [0.5, 0.6) is 0 Å². The summed E-state index contributed by atoms with van der Waals surface area (Å²) >= 11 is 5.93. The quantitative estimate of drug-likeness (QED) is 0.139. The van der Waals surface area contributed by atoms with Crippen LogP contribution in [0.15, 0.2) is 54.1 Å². The third-order valence-electron chi connectivity index (χ3n) is 6.85. The highest BCUT2D eigenvalue weighted by Gasteiger charge is 2.44. The molecular formula is C28H28ClN3O7. The van der Waals surface area contributed by atoms with Gasteiger partial charge in [-0.2, -0.15) is 0 Å². The summed E-state index contributed by atoms with van der Waals surface area (Å²) in [6, 6.07) is 8.53. The lowest BCUT2D eigenvalue weighted by Gasteiger charge is -2.28. The fraction of sp³-hybridized carbons (Fsp3) is 0.357. The number of anilines is 1. The van der Waals surface area contributed by atoms with Crippen molar-refractivity contribution in [2.45, 2.75) is 51.5 Å². The number of nitrogens with zero attached hydrogens (tertiary/aromatic N) is 3. The van der Waals surface area contributed by atoms with Crippen molar-refractivity contribution < 1.29 is 28.8 Å². The Kier molecular flexibility index (Phi) is 8.75. The zero-order valence-corrected chi connectivity index (χ0v) is 22.2. The summed E-state index contributed by atoms with van der Waals surface area (Å²) in [5.41, 5.74) is 1.29. The number of esters is 1. The topological polar surface area (TPSA) is 127 Å². The highest BCUT2D eigenvalue weighted by molar-refractivity contribution is 6.32. The molecule has 4 rings (SSSR count). The minimum absolute atomic E-state index is 0.00112. The highest BCUT2D eigenvalue weighted by Crippen LogP contribution is 2.30. The SMILES string of the molecule is CCOC(=O)c1ccc(N2C(=O)CC(N(CCC3=CCCCC3)C(=O)c3ccc(Cl)c([N+](=O)[O-])c3)C2=O)cc1. The lowest BCUT2D eigenvalue weighted by Crippen LogP contribution is -2.46. The Morgan fingerprint density at radius 2 is 1.85 bits per heavy atom. The Bertz CT molecular complexity index is 1340. The summed E-state index contributed by atoms with van der Waals surface area (Å²) in [6.45, 7) is 2.07. The molecule has 3 amide bonds. The molecule has 0 bridgehead atoms. The molecule has 0 saturated carbocycles. The first-order chi connectivity index (χ1) is 18.7. The van der Waals surface area contributed by atoms with E-state index in [0.29, 0.717) is 6.42 Å². The van der Waals surface area contributed by atoms with Crippen LogP contribution in [0.2, 0.25) is 5.02 Å². The average molecular weight is 554 g/mol. The van der Waals surface area contributed by atoms with E-state index in [1.165, 1.54) is 46.9 Å². The monoisotopic (exact) mass is 553 g/mol. The number of imide groups is 1. The number of nitro benzene ring substituents is 1. The van der Waals surface area contributed by atoms with Gasteiger partial charge < -0.3 is 9.64 Å². The molecule has 1 aliphatic heterocycles. The van der Waals surface area contributed by atoms with Crippen molar-refractivity contribution in [3.63, 3.8) is 0 Å². The van der Waals surface area contributed by atoms with E-state index in [0.717, 1.165) is 36.6 Å². The number of benzene rings is 2. The van der Waals surface area contributed by atoms with E-state index in [1.54, 1.807) is 6.92 Å². The van der Waals surface area contributed by atoms with Gasteiger partial charge in [0.05, 0.1) is 29.2 Å². The van der Waals surface area contributed by atoms with E-state index in [4.69, 9.17) is 16.3 Å². The molecule has 1 fully saturated rings. The van der Waals surface area contributed by atoms with Gasteiger partial charge in [-0.15, -0.1) is 0 Å². The lowest BCUT2D eigenvalue weighted by molar-refractivity contribution is -0.384. The fourth-order valence-electron chi connectivity index (χ4n) is 4.84. The molecule has 1 aliphatic carbocycles. The Labute approximate surface area is 230 Å². The van der Waals surface area contributed by atoms with Crippen LogP contribution in [0.3, 0.4) is 0 Å². The minimum Gasteiger partial charge on any atom is -0.462 e. The van der Waals surface area contributed by atoms with Gasteiger partial charge >= 0.3 is 5.97 Å². The molecule has 2 aromatic carbocycles. The van der Waals surface area contributed by atoms with Crippen LogP contribution in [-0.2, 0) is 14.3 Å². The normalized spacial score (nSPS) is 17.1. The number of amides is 3. The molecule has 1 atom stereocenters. The first-order valence-electron chi connectivity index (χ1n) is 12.8. The number of carbonyl (C=O) groups is 4. The Balaban J connectivity index is 1.62. The van der Waals surface area contributed by atoms with Crippen molar-refractivity contribution in [1.29, 1.82) is 0 Å². The van der Waals surface area contributed by atoms with Crippen molar-refractivity contribution in [3.8, 4) is 0 Å². The van der Waals surface area contributed by atoms with Gasteiger partial charge in [0, 0.05) is 18.2 Å². The maximum Gasteiger partial charge on any atom is 0.338 e. The second-order valence-electron chi connectivity index (χ2n) is 9.33. The van der Waals surface area contributed by atoms with Gasteiger partial charge in [-0.05, 0) is 75.4 Å². The molecule has 1 unspecified atom stereocenters. The Hall–Kier alpha value is -4.05. The predicted molar refractivity (Wildman–Crippen MR) is 144 cm³/mol. The van der Waals surface area contributed by atoms with Crippen molar-refractivity contribution in [2.24, 2.45) is 0 Å². The summed E-state index contributed by atoms with van der Waals surface area (Å²) in [4.78, 5) is 65.3. The molecule has 11 heteroatoms. The van der Waals surface area contributed by atoms with E-state index in [9.17, 15) is 29.3 Å². The molecule has 0 spiro atoms. The molecule has 0 N–H and O–H groups in total. The largest absolute Gasteiger partial charge is 0.462 e. The summed E-state index contributed by atoms with van der Waals surface area (Å²) in [6.07, 6.45) is 6.40. The van der Waals surface area contributed by atoms with Gasteiger partial charge in [0.1, 0.15) is 11.1 Å². The first kappa shape index (κ1) is 28.0. The maximum absolute atomic E-state index is 13.7. The van der Waals surface area contributed by atoms with E-state index in [1.807, 2.05) is 0 Å². The third kappa shape index (κ3) is 6.17. The Morgan fingerprint density at radius 3 is 2.49 bits per heavy atom. The number of hydrogen-bond acceptors (Lipinski definition) is 7. The molecule has 10 nitrogen and oxygen atoms in total. The second kappa shape index (κ2) is 12.2. The fourth-order valence-corrected chi connectivity index (χ4v) is 5.02. The van der Waals surface area contributed by atoms with Gasteiger partial charge in [0.25, 0.3) is 17.5 Å². The smallest absolute Gasteiger partial charge is 0.338 e. The van der Waals surface area contributed by atoms with E-state index in [-0.39, 0.29) is 41.4 Å². The van der Waals surface area contributed by atoms with E-state index < -0.39 is 40.3 Å². The molecule has 2 aliphatic rings. The van der Waals surface area contributed by atoms with Crippen molar-refractivity contribution in [3.05, 3.63) is 80.4 Å². The van der Waals surface area contributed by atoms with Crippen LogP contribution < -0.4 is 4.90 Å². The third-order valence-corrected chi connectivity index (χ3v) is 7.16. The van der Waals surface area contributed by atoms with Crippen LogP contribution in [0, 0.1) is 10.1 Å². The van der Waals surface area contributed by atoms with Crippen LogP contribution in [0.4, 0.5) is 11.4 Å².